The van der Waals surface area contributed by atoms with Crippen molar-refractivity contribution in [3.05, 3.63) is 0 Å². The van der Waals surface area contributed by atoms with Crippen molar-refractivity contribution in [1.29, 1.82) is 5.41 Å². The summed E-state index contributed by atoms with van der Waals surface area (Å²) in [4.78, 5) is 8.81. The normalized spacial score (nSPS) is 23.5. The quantitative estimate of drug-likeness (QED) is 0.394. The van der Waals surface area contributed by atoms with Gasteiger partial charge in [-0.05, 0) is 7.05 Å². The molecule has 1 atom stereocenters. The van der Waals surface area contributed by atoms with E-state index in [0.29, 0.717) is 0 Å². The standard InChI is InChI=1S/C5H12N6O/c1-8-5-10-3(6)9-4(7)11(5)12-2/h5,8H,1-2H3,(H4,6,7,9,10). The highest BCUT2D eigenvalue weighted by atomic mass is 16.7. The molecule has 0 bridgehead atoms. The molecule has 0 aromatic rings. The van der Waals surface area contributed by atoms with Crippen LogP contribution in [-0.2, 0) is 4.84 Å². The van der Waals surface area contributed by atoms with E-state index in [1.807, 2.05) is 0 Å². The predicted molar refractivity (Wildman–Crippen MR) is 44.2 cm³/mol. The van der Waals surface area contributed by atoms with Crippen LogP contribution in [-0.4, -0.2) is 37.4 Å². The molecule has 1 heterocycles. The number of nitrogens with zero attached hydrogens (tertiary/aromatic N) is 2. The minimum Gasteiger partial charge on any atom is -0.370 e. The number of hydrogen-bond acceptors (Lipinski definition) is 5. The van der Waals surface area contributed by atoms with Gasteiger partial charge in [-0.2, -0.15) is 5.06 Å². The van der Waals surface area contributed by atoms with Gasteiger partial charge >= 0.3 is 0 Å². The van der Waals surface area contributed by atoms with E-state index in [1.54, 1.807) is 7.05 Å². The number of hydroxylamine groups is 2. The average molecular weight is 172 g/mol. The Morgan fingerprint density at radius 2 is 2.50 bits per heavy atom. The van der Waals surface area contributed by atoms with E-state index in [9.17, 15) is 0 Å². The van der Waals surface area contributed by atoms with E-state index in [1.165, 1.54) is 12.2 Å². The molecule has 5 N–H and O–H groups in total. The second-order valence-corrected chi connectivity index (χ2v) is 2.16. The van der Waals surface area contributed by atoms with E-state index in [4.69, 9.17) is 16.0 Å². The van der Waals surface area contributed by atoms with E-state index in [-0.39, 0.29) is 11.9 Å². The van der Waals surface area contributed by atoms with Crippen molar-refractivity contribution < 1.29 is 4.84 Å². The molecule has 0 fully saturated rings. The van der Waals surface area contributed by atoms with Gasteiger partial charge in [-0.15, -0.1) is 0 Å². The lowest BCUT2D eigenvalue weighted by atomic mass is 10.6. The van der Waals surface area contributed by atoms with Gasteiger partial charge in [0.05, 0.1) is 7.11 Å². The molecule has 0 aliphatic carbocycles. The molecule has 1 aliphatic heterocycles. The summed E-state index contributed by atoms with van der Waals surface area (Å²) in [6, 6.07) is 0. The first-order valence-corrected chi connectivity index (χ1v) is 3.38. The Kier molecular flexibility index (Phi) is 2.46. The number of rotatable bonds is 2. The van der Waals surface area contributed by atoms with Gasteiger partial charge in [-0.3, -0.25) is 20.9 Å². The molecule has 1 rings (SSSR count). The van der Waals surface area contributed by atoms with Gasteiger partial charge in [-0.1, -0.05) is 0 Å². The Morgan fingerprint density at radius 3 is 3.00 bits per heavy atom. The largest absolute Gasteiger partial charge is 0.370 e. The first-order chi connectivity index (χ1) is 5.69. The Bertz CT molecular complexity index is 214. The molecule has 0 aromatic carbocycles. The van der Waals surface area contributed by atoms with Gasteiger partial charge in [-0.25, -0.2) is 4.99 Å². The highest BCUT2D eigenvalue weighted by Gasteiger charge is 2.24. The highest BCUT2D eigenvalue weighted by Crippen LogP contribution is 2.01. The molecule has 68 valence electrons. The average Bonchev–Trinajstić information content (AvgIpc) is 2.03. The van der Waals surface area contributed by atoms with Crippen LogP contribution in [0.15, 0.2) is 4.99 Å². The van der Waals surface area contributed by atoms with Crippen LogP contribution < -0.4 is 16.4 Å². The second-order valence-electron chi connectivity index (χ2n) is 2.16. The van der Waals surface area contributed by atoms with Crippen molar-refractivity contribution in [2.24, 2.45) is 10.7 Å². The summed E-state index contributed by atoms with van der Waals surface area (Å²) < 4.78 is 0. The molecule has 0 saturated heterocycles. The van der Waals surface area contributed by atoms with E-state index in [0.717, 1.165) is 0 Å². The minimum absolute atomic E-state index is 0.0596. The third-order valence-corrected chi connectivity index (χ3v) is 1.41. The second kappa shape index (κ2) is 3.37. The van der Waals surface area contributed by atoms with Crippen molar-refractivity contribution in [2.45, 2.75) is 6.29 Å². The van der Waals surface area contributed by atoms with Crippen LogP contribution in [0.5, 0.6) is 0 Å². The Labute approximate surface area is 70.0 Å². The molecule has 0 amide bonds. The van der Waals surface area contributed by atoms with Gasteiger partial charge in [0.1, 0.15) is 0 Å². The molecule has 7 nitrogen and oxygen atoms in total. The first kappa shape index (κ1) is 8.75. The SMILES string of the molecule is CNC1N=C(N)NC(=N)N1OC. The van der Waals surface area contributed by atoms with Gasteiger partial charge in [0.15, 0.2) is 5.96 Å². The van der Waals surface area contributed by atoms with Gasteiger partial charge in [0.25, 0.3) is 0 Å². The third-order valence-electron chi connectivity index (χ3n) is 1.41. The highest BCUT2D eigenvalue weighted by molar-refractivity contribution is 5.97. The van der Waals surface area contributed by atoms with Crippen molar-refractivity contribution in [1.82, 2.24) is 15.7 Å². The van der Waals surface area contributed by atoms with E-state index < -0.39 is 6.29 Å². The number of nitrogens with two attached hydrogens (primary N) is 1. The van der Waals surface area contributed by atoms with Crippen molar-refractivity contribution in [3.63, 3.8) is 0 Å². The molecule has 12 heavy (non-hydrogen) atoms. The van der Waals surface area contributed by atoms with Crippen LogP contribution in [0.2, 0.25) is 0 Å². The van der Waals surface area contributed by atoms with Crippen LogP contribution in [0.4, 0.5) is 0 Å². The lowest BCUT2D eigenvalue weighted by Gasteiger charge is -2.31. The summed E-state index contributed by atoms with van der Waals surface area (Å²) >= 11 is 0. The summed E-state index contributed by atoms with van der Waals surface area (Å²) in [5.74, 6) is 0.261. The van der Waals surface area contributed by atoms with E-state index in [2.05, 4.69) is 15.6 Å². The van der Waals surface area contributed by atoms with Crippen LogP contribution in [0.25, 0.3) is 0 Å². The number of guanidine groups is 2. The molecule has 1 aliphatic rings. The maximum Gasteiger partial charge on any atom is 0.225 e. The summed E-state index contributed by atoms with van der Waals surface area (Å²) in [6.07, 6.45) is -0.441. The lowest BCUT2D eigenvalue weighted by molar-refractivity contribution is -0.107. The summed E-state index contributed by atoms with van der Waals surface area (Å²) in [7, 11) is 3.16. The fourth-order valence-electron chi connectivity index (χ4n) is 0.888. The first-order valence-electron chi connectivity index (χ1n) is 3.38. The zero-order valence-corrected chi connectivity index (χ0v) is 6.96. The number of hydrogen-bond donors (Lipinski definition) is 4. The van der Waals surface area contributed by atoms with Gasteiger partial charge in [0.2, 0.25) is 12.2 Å². The van der Waals surface area contributed by atoms with Crippen molar-refractivity contribution in [3.8, 4) is 0 Å². The van der Waals surface area contributed by atoms with Gasteiger partial charge < -0.3 is 5.73 Å². The smallest absolute Gasteiger partial charge is 0.225 e. The monoisotopic (exact) mass is 172 g/mol. The molecule has 7 heteroatoms. The molecule has 0 aromatic heterocycles. The predicted octanol–water partition coefficient (Wildman–Crippen LogP) is -1.79. The zero-order valence-electron chi connectivity index (χ0n) is 6.96. The molecule has 0 radical (unpaired) electrons. The summed E-state index contributed by atoms with van der Waals surface area (Å²) in [5.41, 5.74) is 5.38. The molecule has 0 saturated carbocycles. The molecule has 1 unspecified atom stereocenters. The topological polar surface area (TPSA) is 98.8 Å². The van der Waals surface area contributed by atoms with Gasteiger partial charge in [0, 0.05) is 0 Å². The van der Waals surface area contributed by atoms with Crippen molar-refractivity contribution in [2.75, 3.05) is 14.2 Å². The summed E-state index contributed by atoms with van der Waals surface area (Å²) in [5, 5.41) is 14.0. The number of nitrogens with one attached hydrogen (secondary N) is 3. The lowest BCUT2D eigenvalue weighted by Crippen LogP contribution is -2.58. The van der Waals surface area contributed by atoms with Crippen molar-refractivity contribution >= 4 is 11.9 Å². The van der Waals surface area contributed by atoms with Crippen LogP contribution in [0, 0.1) is 5.41 Å². The third kappa shape index (κ3) is 1.46. The molecular weight excluding hydrogens is 160 g/mol. The maximum absolute atomic E-state index is 7.40. The minimum atomic E-state index is -0.441. The molecule has 0 spiro atoms. The summed E-state index contributed by atoms with van der Waals surface area (Å²) in [6.45, 7) is 0. The Hall–Kier alpha value is -1.34. The Morgan fingerprint density at radius 1 is 1.83 bits per heavy atom. The van der Waals surface area contributed by atoms with E-state index >= 15 is 0 Å². The van der Waals surface area contributed by atoms with Crippen LogP contribution in [0.3, 0.4) is 0 Å². The fourth-order valence-corrected chi connectivity index (χ4v) is 0.888. The Balaban J connectivity index is 2.80. The van der Waals surface area contributed by atoms with Crippen LogP contribution in [0.1, 0.15) is 0 Å². The van der Waals surface area contributed by atoms with Crippen LogP contribution >= 0.6 is 0 Å². The molecular formula is C5H12N6O. The number of aliphatic imine (C=N–C) groups is 1. The fraction of sp³-hybridized carbons (Fsp3) is 0.600. The maximum atomic E-state index is 7.40. The zero-order chi connectivity index (χ0) is 9.14.